The smallest absolute Gasteiger partial charge is 0.230 e. The minimum Gasteiger partial charge on any atom is -0.492 e. The van der Waals surface area contributed by atoms with Crippen LogP contribution in [0.3, 0.4) is 0 Å². The van der Waals surface area contributed by atoms with Crippen LogP contribution in [0.15, 0.2) is 32.9 Å². The van der Waals surface area contributed by atoms with E-state index in [1.54, 1.807) is 0 Å². The second-order valence-electron chi connectivity index (χ2n) is 4.89. The highest BCUT2D eigenvalue weighted by Crippen LogP contribution is 2.28. The van der Waals surface area contributed by atoms with E-state index in [0.29, 0.717) is 21.8 Å². The molecule has 2 aromatic rings. The van der Waals surface area contributed by atoms with Gasteiger partial charge in [0.1, 0.15) is 12.4 Å². The number of rotatable bonds is 10. The molecule has 1 aromatic carbocycles. The molecule has 0 radical (unpaired) electrons. The molecule has 10 heteroatoms. The molecule has 134 valence electrons. The zero-order valence-corrected chi connectivity index (χ0v) is 16.0. The summed E-state index contributed by atoms with van der Waals surface area (Å²) in [6, 6.07) is 7.75. The van der Waals surface area contributed by atoms with Gasteiger partial charge in [0, 0.05) is 0 Å². The van der Waals surface area contributed by atoms with Crippen molar-refractivity contribution in [1.29, 1.82) is 0 Å². The number of nitrogens with one attached hydrogen (secondary N) is 1. The first-order chi connectivity index (χ1) is 12.0. The van der Waals surface area contributed by atoms with Gasteiger partial charge in [-0.25, -0.2) is 0 Å². The number of aromatic nitrogens is 2. The number of nitrogens with two attached hydrogens (primary N) is 1. The van der Waals surface area contributed by atoms with Crippen molar-refractivity contribution >= 4 is 46.7 Å². The predicted molar refractivity (Wildman–Crippen MR) is 100 cm³/mol. The van der Waals surface area contributed by atoms with Gasteiger partial charge >= 0.3 is 0 Å². The number of nitrogens with zero attached hydrogens (tertiary/aromatic N) is 2. The highest BCUT2D eigenvalue weighted by molar-refractivity contribution is 8.03. The van der Waals surface area contributed by atoms with Gasteiger partial charge in [0.2, 0.25) is 11.8 Å². The normalized spacial score (nSPS) is 10.4. The van der Waals surface area contributed by atoms with Gasteiger partial charge in [0.05, 0.1) is 18.1 Å². The molecular weight excluding hydrogens is 380 g/mol. The SMILES string of the molecule is Cc1cccc(OCCNC(=O)CSc2nnc(SCC(N)=O)s2)c1. The van der Waals surface area contributed by atoms with Crippen LogP contribution >= 0.6 is 34.9 Å². The molecule has 25 heavy (non-hydrogen) atoms. The molecule has 0 saturated carbocycles. The topological polar surface area (TPSA) is 107 Å². The molecule has 1 aromatic heterocycles. The lowest BCUT2D eigenvalue weighted by molar-refractivity contribution is -0.118. The Hall–Kier alpha value is -1.78. The van der Waals surface area contributed by atoms with Crippen molar-refractivity contribution in [2.45, 2.75) is 15.6 Å². The van der Waals surface area contributed by atoms with Gasteiger partial charge in [-0.15, -0.1) is 10.2 Å². The van der Waals surface area contributed by atoms with Gasteiger partial charge in [0.25, 0.3) is 0 Å². The molecule has 0 aliphatic heterocycles. The molecule has 0 aliphatic rings. The summed E-state index contributed by atoms with van der Waals surface area (Å²) >= 11 is 3.88. The first kappa shape index (κ1) is 19.5. The minimum atomic E-state index is -0.401. The number of carbonyl (C=O) groups is 2. The van der Waals surface area contributed by atoms with Crippen molar-refractivity contribution < 1.29 is 14.3 Å². The van der Waals surface area contributed by atoms with Gasteiger partial charge in [-0.3, -0.25) is 9.59 Å². The fraction of sp³-hybridized carbons (Fsp3) is 0.333. The maximum atomic E-state index is 11.8. The van der Waals surface area contributed by atoms with E-state index < -0.39 is 5.91 Å². The van der Waals surface area contributed by atoms with Crippen LogP contribution in [0.4, 0.5) is 0 Å². The molecule has 2 rings (SSSR count). The molecule has 0 saturated heterocycles. The number of thioether (sulfide) groups is 2. The molecule has 0 unspecified atom stereocenters. The standard InChI is InChI=1S/C15H18N4O3S3/c1-10-3-2-4-11(7-10)22-6-5-17-13(21)9-24-15-19-18-14(25-15)23-8-12(16)20/h2-4,7H,5-6,8-9H2,1H3,(H2,16,20)(H,17,21). The quantitative estimate of drug-likeness (QED) is 0.463. The van der Waals surface area contributed by atoms with Crippen LogP contribution in [0, 0.1) is 6.92 Å². The van der Waals surface area contributed by atoms with E-state index in [4.69, 9.17) is 10.5 Å². The Balaban J connectivity index is 1.61. The van der Waals surface area contributed by atoms with Crippen LogP contribution in [-0.4, -0.2) is 46.7 Å². The highest BCUT2D eigenvalue weighted by atomic mass is 32.2. The molecule has 1 heterocycles. The molecule has 0 spiro atoms. The third-order valence-electron chi connectivity index (χ3n) is 2.74. The zero-order chi connectivity index (χ0) is 18.1. The number of hydrogen-bond acceptors (Lipinski definition) is 8. The summed E-state index contributed by atoms with van der Waals surface area (Å²) in [6.07, 6.45) is 0. The van der Waals surface area contributed by atoms with Gasteiger partial charge in [-0.05, 0) is 24.6 Å². The molecule has 7 nitrogen and oxygen atoms in total. The minimum absolute atomic E-state index is 0.0978. The summed E-state index contributed by atoms with van der Waals surface area (Å²) in [5, 5.41) is 10.7. The predicted octanol–water partition coefficient (Wildman–Crippen LogP) is 1.71. The average Bonchev–Trinajstić information content (AvgIpc) is 3.03. The van der Waals surface area contributed by atoms with E-state index in [1.165, 1.54) is 34.9 Å². The van der Waals surface area contributed by atoms with Crippen molar-refractivity contribution in [2.24, 2.45) is 5.73 Å². The molecule has 0 aliphatic carbocycles. The average molecular weight is 399 g/mol. The third kappa shape index (κ3) is 7.76. The van der Waals surface area contributed by atoms with E-state index in [9.17, 15) is 9.59 Å². The van der Waals surface area contributed by atoms with Crippen LogP contribution in [-0.2, 0) is 9.59 Å². The van der Waals surface area contributed by atoms with Crippen molar-refractivity contribution in [3.05, 3.63) is 29.8 Å². The van der Waals surface area contributed by atoms with E-state index >= 15 is 0 Å². The largest absolute Gasteiger partial charge is 0.492 e. The third-order valence-corrected chi connectivity index (χ3v) is 5.95. The molecule has 3 N–H and O–H groups in total. The first-order valence-electron chi connectivity index (χ1n) is 7.36. The lowest BCUT2D eigenvalue weighted by Gasteiger charge is -2.07. The van der Waals surface area contributed by atoms with Crippen LogP contribution in [0.25, 0.3) is 0 Å². The Kier molecular flexibility index (Phi) is 8.02. The van der Waals surface area contributed by atoms with E-state index in [0.717, 1.165) is 11.3 Å². The second kappa shape index (κ2) is 10.3. The van der Waals surface area contributed by atoms with Crippen LogP contribution in [0.5, 0.6) is 5.75 Å². The summed E-state index contributed by atoms with van der Waals surface area (Å²) in [4.78, 5) is 22.5. The monoisotopic (exact) mass is 398 g/mol. The fourth-order valence-corrected chi connectivity index (χ4v) is 4.28. The number of primary amides is 1. The fourth-order valence-electron chi connectivity index (χ4n) is 1.69. The number of hydrogen-bond donors (Lipinski definition) is 2. The van der Waals surface area contributed by atoms with Crippen LogP contribution in [0.1, 0.15) is 5.56 Å². The van der Waals surface area contributed by atoms with Gasteiger partial charge in [0.15, 0.2) is 8.68 Å². The number of carbonyl (C=O) groups excluding carboxylic acids is 2. The zero-order valence-electron chi connectivity index (χ0n) is 13.6. The first-order valence-corrected chi connectivity index (χ1v) is 10.2. The molecule has 0 bridgehead atoms. The number of benzene rings is 1. The summed E-state index contributed by atoms with van der Waals surface area (Å²) in [6.45, 7) is 2.84. The van der Waals surface area contributed by atoms with E-state index in [2.05, 4.69) is 15.5 Å². The summed E-state index contributed by atoms with van der Waals surface area (Å²) < 4.78 is 6.91. The molecule has 2 amide bonds. The second-order valence-corrected chi connectivity index (χ2v) is 8.31. The van der Waals surface area contributed by atoms with Gasteiger partial charge in [-0.1, -0.05) is 47.0 Å². The Morgan fingerprint density at radius 1 is 1.24 bits per heavy atom. The summed E-state index contributed by atoms with van der Waals surface area (Å²) in [7, 11) is 0. The molecule has 0 fully saturated rings. The van der Waals surface area contributed by atoms with E-state index in [-0.39, 0.29) is 17.4 Å². The Morgan fingerprint density at radius 3 is 2.64 bits per heavy atom. The van der Waals surface area contributed by atoms with E-state index in [1.807, 2.05) is 31.2 Å². The molecular formula is C15H18N4O3S3. The lowest BCUT2D eigenvalue weighted by atomic mass is 10.2. The van der Waals surface area contributed by atoms with Crippen LogP contribution < -0.4 is 15.8 Å². The van der Waals surface area contributed by atoms with Crippen LogP contribution in [0.2, 0.25) is 0 Å². The Morgan fingerprint density at radius 2 is 1.96 bits per heavy atom. The van der Waals surface area contributed by atoms with Crippen molar-refractivity contribution in [2.75, 3.05) is 24.7 Å². The Bertz CT molecular complexity index is 724. The number of aryl methyl sites for hydroxylation is 1. The van der Waals surface area contributed by atoms with Crippen molar-refractivity contribution in [3.8, 4) is 5.75 Å². The van der Waals surface area contributed by atoms with Crippen molar-refractivity contribution in [3.63, 3.8) is 0 Å². The maximum absolute atomic E-state index is 11.8. The summed E-state index contributed by atoms with van der Waals surface area (Å²) in [5.74, 6) is 0.708. The Labute approximate surface area is 158 Å². The maximum Gasteiger partial charge on any atom is 0.230 e. The number of ether oxygens (including phenoxy) is 1. The number of amides is 2. The molecule has 0 atom stereocenters. The van der Waals surface area contributed by atoms with Gasteiger partial charge in [-0.2, -0.15) is 0 Å². The van der Waals surface area contributed by atoms with Crippen molar-refractivity contribution in [1.82, 2.24) is 15.5 Å². The lowest BCUT2D eigenvalue weighted by Crippen LogP contribution is -2.29. The highest BCUT2D eigenvalue weighted by Gasteiger charge is 2.09. The summed E-state index contributed by atoms with van der Waals surface area (Å²) in [5.41, 5.74) is 6.20. The van der Waals surface area contributed by atoms with Gasteiger partial charge < -0.3 is 15.8 Å².